The van der Waals surface area contributed by atoms with Gasteiger partial charge >= 0.3 is 5.97 Å². The summed E-state index contributed by atoms with van der Waals surface area (Å²) in [7, 11) is 3.77. The summed E-state index contributed by atoms with van der Waals surface area (Å²) in [5.41, 5.74) is 2.30. The van der Waals surface area contributed by atoms with Crippen LogP contribution in [0.4, 0.5) is 0 Å². The largest absolute Gasteiger partial charge is 0.493 e. The van der Waals surface area contributed by atoms with Crippen LogP contribution in [0.3, 0.4) is 0 Å². The van der Waals surface area contributed by atoms with Crippen molar-refractivity contribution in [3.05, 3.63) is 34.9 Å². The Labute approximate surface area is 158 Å². The molecular formula is C21H25NO5. The lowest BCUT2D eigenvalue weighted by Crippen LogP contribution is -2.70. The van der Waals surface area contributed by atoms with Crippen molar-refractivity contribution in [3.8, 4) is 11.5 Å². The average Bonchev–Trinajstić information content (AvgIpc) is 2.89. The number of likely N-dealkylation sites (tertiary alicyclic amines) is 1. The number of likely N-dealkylation sites (N-methyl/N-ethyl adjacent to an activating group) is 1. The molecule has 0 saturated carbocycles. The molecule has 2 bridgehead atoms. The summed E-state index contributed by atoms with van der Waals surface area (Å²) in [6.07, 6.45) is 1.96. The van der Waals surface area contributed by atoms with E-state index >= 15 is 0 Å². The van der Waals surface area contributed by atoms with Gasteiger partial charge in [-0.05, 0) is 50.6 Å². The summed E-state index contributed by atoms with van der Waals surface area (Å²) in [4.78, 5) is 14.2. The summed E-state index contributed by atoms with van der Waals surface area (Å²) >= 11 is 0. The number of carbonyl (C=O) groups is 1. The van der Waals surface area contributed by atoms with Gasteiger partial charge in [0.15, 0.2) is 23.2 Å². The number of benzene rings is 1. The molecule has 0 unspecified atom stereocenters. The van der Waals surface area contributed by atoms with Gasteiger partial charge in [0.05, 0.1) is 12.5 Å². The maximum Gasteiger partial charge on any atom is 0.303 e. The Balaban J connectivity index is 1.83. The predicted octanol–water partition coefficient (Wildman–Crippen LogP) is 1.58. The average molecular weight is 371 g/mol. The Morgan fingerprint density at radius 1 is 1.41 bits per heavy atom. The van der Waals surface area contributed by atoms with Gasteiger partial charge < -0.3 is 19.3 Å². The van der Waals surface area contributed by atoms with Gasteiger partial charge in [0, 0.05) is 18.5 Å². The molecule has 6 heteroatoms. The molecule has 1 aromatic carbocycles. The van der Waals surface area contributed by atoms with Crippen molar-refractivity contribution in [1.29, 1.82) is 0 Å². The first-order chi connectivity index (χ1) is 12.8. The van der Waals surface area contributed by atoms with Gasteiger partial charge in [-0.3, -0.25) is 9.69 Å². The van der Waals surface area contributed by atoms with Crippen molar-refractivity contribution in [3.63, 3.8) is 0 Å². The number of nitrogens with zero attached hydrogens (tertiary/aromatic N) is 1. The fraction of sp³-hybridized carbons (Fsp3) is 0.571. The zero-order valence-electron chi connectivity index (χ0n) is 16.1. The third kappa shape index (κ3) is 1.85. The fourth-order valence-corrected chi connectivity index (χ4v) is 6.01. The Kier molecular flexibility index (Phi) is 3.33. The Hall–Kier alpha value is -2.05. The first-order valence-corrected chi connectivity index (χ1v) is 9.50. The van der Waals surface area contributed by atoms with Crippen LogP contribution in [0.15, 0.2) is 23.8 Å². The number of piperidine rings is 1. The van der Waals surface area contributed by atoms with Crippen LogP contribution in [0.5, 0.6) is 11.5 Å². The molecule has 1 fully saturated rings. The van der Waals surface area contributed by atoms with Crippen molar-refractivity contribution in [2.24, 2.45) is 0 Å². The number of methoxy groups -OCH3 is 1. The molecule has 4 aliphatic rings. The molecule has 1 N–H and O–H groups in total. The van der Waals surface area contributed by atoms with Gasteiger partial charge in [-0.25, -0.2) is 0 Å². The van der Waals surface area contributed by atoms with E-state index < -0.39 is 29.2 Å². The van der Waals surface area contributed by atoms with Crippen LogP contribution < -0.4 is 9.47 Å². The van der Waals surface area contributed by atoms with E-state index in [2.05, 4.69) is 18.0 Å². The van der Waals surface area contributed by atoms with Gasteiger partial charge in [-0.15, -0.1) is 0 Å². The van der Waals surface area contributed by atoms with Gasteiger partial charge in [0.25, 0.3) is 0 Å². The van der Waals surface area contributed by atoms with Crippen molar-refractivity contribution >= 4 is 5.97 Å². The van der Waals surface area contributed by atoms with Crippen LogP contribution in [0, 0.1) is 0 Å². The molecule has 2 heterocycles. The highest BCUT2D eigenvalue weighted by atomic mass is 16.6. The van der Waals surface area contributed by atoms with E-state index in [-0.39, 0.29) is 6.04 Å². The first kappa shape index (κ1) is 17.1. The first-order valence-electron chi connectivity index (χ1n) is 9.50. The smallest absolute Gasteiger partial charge is 0.303 e. The molecule has 27 heavy (non-hydrogen) atoms. The lowest BCUT2D eigenvalue weighted by atomic mass is 9.51. The van der Waals surface area contributed by atoms with Crippen LogP contribution in [-0.2, 0) is 21.4 Å². The highest BCUT2D eigenvalue weighted by Crippen LogP contribution is 2.66. The standard InChI is InChI=1S/C21H25NO5/c1-11(23)26-19-15(24)10-13-14-9-12-5-6-16(25-4)18-17(12)21(13,7-8-22(14)3)20(19,2)27-18/h5-6,10,14-15,19,24H,7-9H2,1-4H3/t14-,15+,19+,20-,21+/m1/s1. The lowest BCUT2D eigenvalue weighted by molar-refractivity contribution is -0.178. The Bertz CT molecular complexity index is 880. The second-order valence-corrected chi connectivity index (χ2v) is 8.34. The number of aliphatic hydroxyl groups is 1. The number of rotatable bonds is 2. The maximum atomic E-state index is 11.8. The number of hydrogen-bond acceptors (Lipinski definition) is 6. The molecule has 0 amide bonds. The van der Waals surface area contributed by atoms with E-state index in [0.29, 0.717) is 5.75 Å². The summed E-state index contributed by atoms with van der Waals surface area (Å²) < 4.78 is 17.8. The molecule has 5 atom stereocenters. The number of hydrogen-bond donors (Lipinski definition) is 1. The molecular weight excluding hydrogens is 346 g/mol. The Morgan fingerprint density at radius 2 is 2.19 bits per heavy atom. The van der Waals surface area contributed by atoms with Crippen LogP contribution >= 0.6 is 0 Å². The molecule has 6 nitrogen and oxygen atoms in total. The second-order valence-electron chi connectivity index (χ2n) is 8.34. The topological polar surface area (TPSA) is 68.2 Å². The number of esters is 1. The minimum atomic E-state index is -0.905. The minimum absolute atomic E-state index is 0.210. The SMILES string of the molecule is COc1ccc2c3c1O[C@]1(C)[C@@H](OC(C)=O)[C@@H](O)C=C4[C@@H](C2)N(C)CC[C@]431. The van der Waals surface area contributed by atoms with Crippen molar-refractivity contribution in [2.75, 3.05) is 20.7 Å². The zero-order chi connectivity index (χ0) is 19.1. The summed E-state index contributed by atoms with van der Waals surface area (Å²) in [6.45, 7) is 4.27. The van der Waals surface area contributed by atoms with Crippen LogP contribution in [-0.4, -0.2) is 60.5 Å². The normalized spacial score (nSPS) is 38.6. The van der Waals surface area contributed by atoms with Gasteiger partial charge in [-0.1, -0.05) is 12.1 Å². The van der Waals surface area contributed by atoms with Crippen molar-refractivity contribution in [1.82, 2.24) is 4.90 Å². The molecule has 5 rings (SSSR count). The molecule has 1 aromatic rings. The van der Waals surface area contributed by atoms with Gasteiger partial charge in [0.2, 0.25) is 0 Å². The molecule has 2 aliphatic heterocycles. The van der Waals surface area contributed by atoms with E-state index in [4.69, 9.17) is 14.2 Å². The van der Waals surface area contributed by atoms with Gasteiger partial charge in [0.1, 0.15) is 6.10 Å². The monoisotopic (exact) mass is 371 g/mol. The van der Waals surface area contributed by atoms with E-state index in [1.165, 1.54) is 18.1 Å². The van der Waals surface area contributed by atoms with Crippen LogP contribution in [0.25, 0.3) is 0 Å². The highest BCUT2D eigenvalue weighted by Gasteiger charge is 2.71. The summed E-state index contributed by atoms with van der Waals surface area (Å²) in [5, 5.41) is 10.9. The molecule has 0 radical (unpaired) electrons. The quantitative estimate of drug-likeness (QED) is 0.629. The van der Waals surface area contributed by atoms with E-state index in [9.17, 15) is 9.90 Å². The second kappa shape index (κ2) is 5.26. The molecule has 1 saturated heterocycles. The minimum Gasteiger partial charge on any atom is -0.493 e. The number of ether oxygens (including phenoxy) is 3. The summed E-state index contributed by atoms with van der Waals surface area (Å²) in [6, 6.07) is 4.29. The van der Waals surface area contributed by atoms with Crippen LogP contribution in [0.2, 0.25) is 0 Å². The predicted molar refractivity (Wildman–Crippen MR) is 98.1 cm³/mol. The summed E-state index contributed by atoms with van der Waals surface area (Å²) in [5.74, 6) is 1.00. The van der Waals surface area contributed by atoms with Crippen molar-refractivity contribution < 1.29 is 24.1 Å². The number of aliphatic hydroxyl groups excluding tert-OH is 1. The third-order valence-corrected chi connectivity index (χ3v) is 7.15. The molecule has 144 valence electrons. The molecule has 1 spiro atoms. The van der Waals surface area contributed by atoms with E-state index in [1.807, 2.05) is 19.1 Å². The third-order valence-electron chi connectivity index (χ3n) is 7.15. The van der Waals surface area contributed by atoms with Crippen molar-refractivity contribution in [2.45, 2.75) is 56.0 Å². The fourth-order valence-electron chi connectivity index (χ4n) is 6.01. The van der Waals surface area contributed by atoms with E-state index in [0.717, 1.165) is 30.7 Å². The van der Waals surface area contributed by atoms with E-state index in [1.54, 1.807) is 7.11 Å². The number of carbonyl (C=O) groups excluding carboxylic acids is 1. The highest BCUT2D eigenvalue weighted by molar-refractivity contribution is 5.70. The van der Waals surface area contributed by atoms with Gasteiger partial charge in [-0.2, -0.15) is 0 Å². The Morgan fingerprint density at radius 3 is 2.89 bits per heavy atom. The molecule has 0 aromatic heterocycles. The zero-order valence-corrected chi connectivity index (χ0v) is 16.1. The maximum absolute atomic E-state index is 11.8. The lowest BCUT2D eigenvalue weighted by Gasteiger charge is -2.59. The molecule has 2 aliphatic carbocycles. The van der Waals surface area contributed by atoms with Crippen LogP contribution in [0.1, 0.15) is 31.4 Å².